The van der Waals surface area contributed by atoms with Gasteiger partial charge in [-0.05, 0) is 57.6 Å². The number of benzene rings is 1. The van der Waals surface area contributed by atoms with E-state index in [9.17, 15) is 19.2 Å². The van der Waals surface area contributed by atoms with E-state index in [2.05, 4.69) is 10.2 Å². The van der Waals surface area contributed by atoms with Crippen LogP contribution < -0.4 is 10.1 Å². The van der Waals surface area contributed by atoms with Gasteiger partial charge >= 0.3 is 0 Å². The lowest BCUT2D eigenvalue weighted by atomic mass is 9.78. The number of carbonyl (C=O) groups excluding carboxylic acids is 4. The summed E-state index contributed by atoms with van der Waals surface area (Å²) in [6.07, 6.45) is 6.25. The number of methoxy groups -OCH3 is 1. The Morgan fingerprint density at radius 3 is 2.37 bits per heavy atom. The molecule has 1 N–H and O–H groups in total. The van der Waals surface area contributed by atoms with Crippen molar-refractivity contribution in [2.24, 2.45) is 5.41 Å². The number of piperidine rings is 2. The Morgan fingerprint density at radius 1 is 1.00 bits per heavy atom. The quantitative estimate of drug-likeness (QED) is 0.540. The molecule has 4 amide bonds. The molecular formula is C30H39N5O5S. The van der Waals surface area contributed by atoms with Gasteiger partial charge in [-0.3, -0.25) is 34.1 Å². The minimum atomic E-state index is -0.955. The topological polar surface area (TPSA) is 102 Å². The highest BCUT2D eigenvalue weighted by Crippen LogP contribution is 2.43. The fourth-order valence-corrected chi connectivity index (χ4v) is 8.26. The summed E-state index contributed by atoms with van der Waals surface area (Å²) in [5.74, 6) is 0.425. The van der Waals surface area contributed by atoms with E-state index < -0.39 is 5.41 Å². The van der Waals surface area contributed by atoms with Gasteiger partial charge in [-0.1, -0.05) is 19.1 Å². The van der Waals surface area contributed by atoms with Crippen LogP contribution in [0, 0.1) is 5.41 Å². The van der Waals surface area contributed by atoms with E-state index in [1.165, 1.54) is 11.3 Å². The molecule has 4 aliphatic rings. The van der Waals surface area contributed by atoms with E-state index in [1.807, 2.05) is 23.1 Å². The molecule has 4 saturated heterocycles. The molecule has 41 heavy (non-hydrogen) atoms. The Bertz CT molecular complexity index is 1340. The maximum atomic E-state index is 13.9. The van der Waals surface area contributed by atoms with Gasteiger partial charge in [0.05, 0.1) is 17.4 Å². The number of amides is 4. The van der Waals surface area contributed by atoms with E-state index in [-0.39, 0.29) is 29.7 Å². The molecule has 1 aromatic carbocycles. The van der Waals surface area contributed by atoms with Gasteiger partial charge in [0.25, 0.3) is 17.7 Å². The fourth-order valence-electron chi connectivity index (χ4n) is 7.06. The number of fused-ring (bicyclic) bond motifs is 2. The molecule has 0 aliphatic carbocycles. The smallest absolute Gasteiger partial charge is 0.258 e. The number of thiophene rings is 1. The first-order chi connectivity index (χ1) is 19.9. The van der Waals surface area contributed by atoms with Gasteiger partial charge in [-0.25, -0.2) is 0 Å². The number of carbonyl (C=O) groups is 4. The first-order valence-electron chi connectivity index (χ1n) is 14.9. The molecule has 1 aromatic heterocycles. The van der Waals surface area contributed by atoms with Crippen LogP contribution in [0.5, 0.6) is 5.75 Å². The Kier molecular flexibility index (Phi) is 7.67. The minimum Gasteiger partial charge on any atom is -0.495 e. The molecule has 11 heteroatoms. The Balaban J connectivity index is 1.17. The summed E-state index contributed by atoms with van der Waals surface area (Å²) in [5, 5.41) is 7.74. The zero-order valence-corrected chi connectivity index (χ0v) is 24.8. The van der Waals surface area contributed by atoms with Crippen molar-refractivity contribution in [2.75, 3.05) is 51.7 Å². The number of hydrogen-bond acceptors (Lipinski definition) is 7. The second-order valence-electron chi connectivity index (χ2n) is 11.6. The summed E-state index contributed by atoms with van der Waals surface area (Å²) in [6, 6.07) is 5.85. The van der Waals surface area contributed by atoms with Crippen LogP contribution in [0.25, 0.3) is 10.1 Å². The van der Waals surface area contributed by atoms with Gasteiger partial charge in [0.2, 0.25) is 5.91 Å². The van der Waals surface area contributed by atoms with Crippen molar-refractivity contribution in [2.45, 2.75) is 64.3 Å². The Morgan fingerprint density at radius 2 is 1.71 bits per heavy atom. The molecule has 0 radical (unpaired) electrons. The predicted octanol–water partition coefficient (Wildman–Crippen LogP) is 3.71. The second kappa shape index (κ2) is 11.2. The summed E-state index contributed by atoms with van der Waals surface area (Å²) in [7, 11) is 1.60. The lowest BCUT2D eigenvalue weighted by Crippen LogP contribution is -2.56. The zero-order valence-electron chi connectivity index (χ0n) is 23.9. The van der Waals surface area contributed by atoms with Crippen molar-refractivity contribution in [3.63, 3.8) is 0 Å². The van der Waals surface area contributed by atoms with Crippen LogP contribution >= 0.6 is 11.3 Å². The monoisotopic (exact) mass is 581 g/mol. The highest BCUT2D eigenvalue weighted by atomic mass is 32.1. The third-order valence-corrected chi connectivity index (χ3v) is 10.4. The van der Waals surface area contributed by atoms with Gasteiger partial charge < -0.3 is 15.0 Å². The van der Waals surface area contributed by atoms with Gasteiger partial charge in [0, 0.05) is 50.6 Å². The van der Waals surface area contributed by atoms with Crippen LogP contribution in [0.15, 0.2) is 18.2 Å². The normalized spacial score (nSPS) is 21.9. The first kappa shape index (κ1) is 28.0. The van der Waals surface area contributed by atoms with E-state index in [0.717, 1.165) is 55.2 Å². The molecule has 6 rings (SSSR count). The highest BCUT2D eigenvalue weighted by Gasteiger charge is 2.60. The molecule has 0 atom stereocenters. The van der Waals surface area contributed by atoms with Gasteiger partial charge in [0.15, 0.2) is 0 Å². The largest absolute Gasteiger partial charge is 0.495 e. The van der Waals surface area contributed by atoms with Crippen LogP contribution in [-0.4, -0.2) is 95.9 Å². The molecule has 1 spiro atoms. The number of hydrogen-bond donors (Lipinski definition) is 1. The van der Waals surface area contributed by atoms with Gasteiger partial charge in [-0.2, -0.15) is 0 Å². The summed E-state index contributed by atoms with van der Waals surface area (Å²) in [5.41, 5.74) is -0.436. The average Bonchev–Trinajstić information content (AvgIpc) is 3.30. The van der Waals surface area contributed by atoms with E-state index >= 15 is 0 Å². The Labute approximate surface area is 244 Å². The summed E-state index contributed by atoms with van der Waals surface area (Å²) in [4.78, 5) is 57.7. The van der Waals surface area contributed by atoms with Crippen molar-refractivity contribution < 1.29 is 23.9 Å². The van der Waals surface area contributed by atoms with Crippen molar-refractivity contribution in [1.82, 2.24) is 19.8 Å². The van der Waals surface area contributed by atoms with E-state index in [0.29, 0.717) is 61.9 Å². The highest BCUT2D eigenvalue weighted by molar-refractivity contribution is 7.23. The van der Waals surface area contributed by atoms with Crippen LogP contribution in [0.3, 0.4) is 0 Å². The average molecular weight is 582 g/mol. The minimum absolute atomic E-state index is 0.0110. The third kappa shape index (κ3) is 4.76. The second-order valence-corrected chi connectivity index (χ2v) is 12.7. The van der Waals surface area contributed by atoms with Crippen molar-refractivity contribution in [3.8, 4) is 5.75 Å². The first-order valence-corrected chi connectivity index (χ1v) is 15.8. The summed E-state index contributed by atoms with van der Waals surface area (Å²) >= 11 is 1.37. The van der Waals surface area contributed by atoms with Crippen LogP contribution in [0.2, 0.25) is 0 Å². The summed E-state index contributed by atoms with van der Waals surface area (Å²) < 4.78 is 6.38. The van der Waals surface area contributed by atoms with Crippen molar-refractivity contribution >= 4 is 50.1 Å². The molecule has 5 heterocycles. The van der Waals surface area contributed by atoms with E-state index in [1.54, 1.807) is 24.1 Å². The molecule has 2 aromatic rings. The molecule has 0 bridgehead atoms. The fraction of sp³-hybridized carbons (Fsp3) is 0.600. The number of anilines is 1. The number of rotatable bonds is 5. The maximum absolute atomic E-state index is 13.9. The van der Waals surface area contributed by atoms with Crippen LogP contribution in [0.1, 0.15) is 68.6 Å². The van der Waals surface area contributed by atoms with Gasteiger partial charge in [-0.15, -0.1) is 11.3 Å². The van der Waals surface area contributed by atoms with Crippen LogP contribution in [-0.2, 0) is 14.4 Å². The number of hydrazine groups is 1. The van der Waals surface area contributed by atoms with E-state index in [4.69, 9.17) is 4.74 Å². The molecule has 10 nitrogen and oxygen atoms in total. The van der Waals surface area contributed by atoms with Crippen LogP contribution in [0.4, 0.5) is 5.00 Å². The number of likely N-dealkylation sites (tertiary alicyclic amines) is 2. The molecular weight excluding hydrogens is 542 g/mol. The predicted molar refractivity (Wildman–Crippen MR) is 157 cm³/mol. The van der Waals surface area contributed by atoms with Crippen molar-refractivity contribution in [3.05, 3.63) is 23.8 Å². The standard InChI is InChI=1S/C30H39N5O5S/c1-3-23(36)31-26-24(21-9-7-10-22(40-2)25(21)41-26)27(37)32-17-11-20(12-18-32)33-14-8-13-30(19-33)28(38)34-15-5-4-6-16-35(34)29(30)39/h7,9-10,20H,3-6,8,11-19H2,1-2H3,(H,31,36). The number of ether oxygens (including phenoxy) is 1. The zero-order chi connectivity index (χ0) is 28.7. The Hall–Kier alpha value is -3.18. The van der Waals surface area contributed by atoms with Gasteiger partial charge in [0.1, 0.15) is 16.2 Å². The lowest BCUT2D eigenvalue weighted by molar-refractivity contribution is -0.145. The SMILES string of the molecule is CCC(=O)Nc1sc2c(OC)cccc2c1C(=O)N1CCC(N2CCCC3(C2)C(=O)N2CCCCCN2C3=O)CC1. The lowest BCUT2D eigenvalue weighted by Gasteiger charge is -2.44. The molecule has 220 valence electrons. The number of nitrogens with zero attached hydrogens (tertiary/aromatic N) is 4. The maximum Gasteiger partial charge on any atom is 0.258 e. The molecule has 0 unspecified atom stereocenters. The molecule has 4 fully saturated rings. The molecule has 4 aliphatic heterocycles. The summed E-state index contributed by atoms with van der Waals surface area (Å²) in [6.45, 7) is 5.55. The third-order valence-electron chi connectivity index (χ3n) is 9.30. The molecule has 0 saturated carbocycles. The number of nitrogens with one attached hydrogen (secondary N) is 1. The van der Waals surface area contributed by atoms with Crippen molar-refractivity contribution in [1.29, 1.82) is 0 Å².